The highest BCUT2D eigenvalue weighted by Gasteiger charge is 2.17. The molecule has 1 aliphatic carbocycles. The lowest BCUT2D eigenvalue weighted by molar-refractivity contribution is 0.0646. The second-order valence-corrected chi connectivity index (χ2v) is 4.42. The second kappa shape index (κ2) is 7.02. The van der Waals surface area contributed by atoms with E-state index in [1.165, 1.54) is 44.1 Å². The molecule has 0 aliphatic heterocycles. The number of allylic oxidation sites excluding steroid dienone is 1. The van der Waals surface area contributed by atoms with E-state index in [0.717, 1.165) is 6.61 Å². The van der Waals surface area contributed by atoms with E-state index in [0.29, 0.717) is 0 Å². The van der Waals surface area contributed by atoms with E-state index in [2.05, 4.69) is 13.0 Å². The van der Waals surface area contributed by atoms with Crippen LogP contribution in [0, 0.1) is 0 Å². The largest absolute Gasteiger partial charge is 0.377 e. The summed E-state index contributed by atoms with van der Waals surface area (Å²) < 4.78 is 5.56. The molecule has 0 bridgehead atoms. The fourth-order valence-electron chi connectivity index (χ4n) is 2.19. The number of ether oxygens (including phenoxy) is 1. The third-order valence-corrected chi connectivity index (χ3v) is 3.19. The summed E-state index contributed by atoms with van der Waals surface area (Å²) in [6.45, 7) is 4.85. The van der Waals surface area contributed by atoms with Crippen LogP contribution in [0.3, 0.4) is 0 Å². The van der Waals surface area contributed by atoms with Crippen molar-refractivity contribution in [3.8, 4) is 0 Å². The smallest absolute Gasteiger partial charge is 0.0736 e. The minimum Gasteiger partial charge on any atom is -0.377 e. The fraction of sp³-hybridized carbons (Fsp3) is 0.846. The molecule has 2 unspecified atom stereocenters. The molecule has 2 atom stereocenters. The Kier molecular flexibility index (Phi) is 5.96. The second-order valence-electron chi connectivity index (χ2n) is 4.42. The van der Waals surface area contributed by atoms with E-state index in [9.17, 15) is 0 Å². The monoisotopic (exact) mass is 211 g/mol. The number of hydrogen-bond donors (Lipinski definition) is 1. The SMILES string of the molecule is CCOC(C)C(N)C1=CCCCCCC1. The molecule has 2 heteroatoms. The molecule has 0 heterocycles. The summed E-state index contributed by atoms with van der Waals surface area (Å²) >= 11 is 0. The normalized spacial score (nSPS) is 22.5. The van der Waals surface area contributed by atoms with E-state index in [4.69, 9.17) is 10.5 Å². The Bertz CT molecular complexity index is 201. The minimum atomic E-state index is 0.100. The first kappa shape index (κ1) is 12.7. The standard InChI is InChI=1S/C13H25NO/c1-3-15-11(2)13(14)12-9-7-5-4-6-8-10-12/h9,11,13H,3-8,10,14H2,1-2H3. The Morgan fingerprint density at radius 1 is 1.33 bits per heavy atom. The van der Waals surface area contributed by atoms with Crippen molar-refractivity contribution in [2.45, 2.75) is 64.5 Å². The zero-order valence-electron chi connectivity index (χ0n) is 10.2. The summed E-state index contributed by atoms with van der Waals surface area (Å²) in [5.41, 5.74) is 7.62. The Morgan fingerprint density at radius 3 is 2.80 bits per heavy atom. The molecular formula is C13H25NO. The van der Waals surface area contributed by atoms with Crippen LogP contribution in [0.4, 0.5) is 0 Å². The highest BCUT2D eigenvalue weighted by Crippen LogP contribution is 2.20. The van der Waals surface area contributed by atoms with Crippen molar-refractivity contribution < 1.29 is 4.74 Å². The van der Waals surface area contributed by atoms with Crippen LogP contribution in [0.5, 0.6) is 0 Å². The topological polar surface area (TPSA) is 35.2 Å². The van der Waals surface area contributed by atoms with E-state index in [1.807, 2.05) is 6.92 Å². The average Bonchev–Trinajstić information content (AvgIpc) is 2.16. The number of hydrogen-bond acceptors (Lipinski definition) is 2. The first-order valence-electron chi connectivity index (χ1n) is 6.31. The Balaban J connectivity index is 2.50. The van der Waals surface area contributed by atoms with E-state index in [1.54, 1.807) is 0 Å². The van der Waals surface area contributed by atoms with Gasteiger partial charge in [-0.05, 0) is 39.5 Å². The predicted octanol–water partition coefficient (Wildman–Crippen LogP) is 3.02. The molecule has 1 aliphatic rings. The van der Waals surface area contributed by atoms with E-state index in [-0.39, 0.29) is 12.1 Å². The minimum absolute atomic E-state index is 0.100. The average molecular weight is 211 g/mol. The van der Waals surface area contributed by atoms with Crippen molar-refractivity contribution in [2.75, 3.05) is 6.61 Å². The molecule has 0 radical (unpaired) electrons. The maximum atomic E-state index is 6.21. The van der Waals surface area contributed by atoms with Gasteiger partial charge in [0.2, 0.25) is 0 Å². The first-order chi connectivity index (χ1) is 7.25. The molecule has 88 valence electrons. The molecule has 2 nitrogen and oxygen atoms in total. The van der Waals surface area contributed by atoms with Gasteiger partial charge in [0.1, 0.15) is 0 Å². The van der Waals surface area contributed by atoms with Crippen molar-refractivity contribution in [3.05, 3.63) is 11.6 Å². The quantitative estimate of drug-likeness (QED) is 0.725. The summed E-state index contributed by atoms with van der Waals surface area (Å²) in [5.74, 6) is 0. The summed E-state index contributed by atoms with van der Waals surface area (Å²) in [6.07, 6.45) is 10.2. The molecule has 0 spiro atoms. The third kappa shape index (κ3) is 4.35. The van der Waals surface area contributed by atoms with Gasteiger partial charge in [0.05, 0.1) is 12.1 Å². The molecule has 2 N–H and O–H groups in total. The zero-order valence-corrected chi connectivity index (χ0v) is 10.2. The highest BCUT2D eigenvalue weighted by molar-refractivity contribution is 5.12. The molecule has 0 aromatic rings. The van der Waals surface area contributed by atoms with Gasteiger partial charge >= 0.3 is 0 Å². The van der Waals surface area contributed by atoms with Crippen LogP contribution in [0.1, 0.15) is 52.4 Å². The van der Waals surface area contributed by atoms with Crippen molar-refractivity contribution in [1.82, 2.24) is 0 Å². The summed E-state index contributed by atoms with van der Waals surface area (Å²) in [6, 6.07) is 0.100. The molecule has 0 amide bonds. The van der Waals surface area contributed by atoms with Crippen molar-refractivity contribution in [1.29, 1.82) is 0 Å². The van der Waals surface area contributed by atoms with E-state index < -0.39 is 0 Å². The van der Waals surface area contributed by atoms with Crippen LogP contribution in [0.25, 0.3) is 0 Å². The van der Waals surface area contributed by atoms with Crippen LogP contribution in [0.15, 0.2) is 11.6 Å². The van der Waals surface area contributed by atoms with Gasteiger partial charge in [0, 0.05) is 6.61 Å². The van der Waals surface area contributed by atoms with Crippen LogP contribution >= 0.6 is 0 Å². The third-order valence-electron chi connectivity index (χ3n) is 3.19. The summed E-state index contributed by atoms with van der Waals surface area (Å²) in [4.78, 5) is 0. The van der Waals surface area contributed by atoms with Crippen molar-refractivity contribution in [2.24, 2.45) is 5.73 Å². The van der Waals surface area contributed by atoms with Crippen LogP contribution in [-0.4, -0.2) is 18.8 Å². The van der Waals surface area contributed by atoms with Gasteiger partial charge in [-0.2, -0.15) is 0 Å². The molecule has 0 aromatic carbocycles. The van der Waals surface area contributed by atoms with Gasteiger partial charge in [-0.25, -0.2) is 0 Å². The maximum absolute atomic E-state index is 6.21. The molecule has 0 saturated heterocycles. The maximum Gasteiger partial charge on any atom is 0.0736 e. The number of rotatable bonds is 4. The lowest BCUT2D eigenvalue weighted by Gasteiger charge is -2.24. The predicted molar refractivity (Wildman–Crippen MR) is 64.8 cm³/mol. The molecule has 0 saturated carbocycles. The Morgan fingerprint density at radius 2 is 2.07 bits per heavy atom. The van der Waals surface area contributed by atoms with Crippen LogP contribution < -0.4 is 5.73 Å². The highest BCUT2D eigenvalue weighted by atomic mass is 16.5. The lowest BCUT2D eigenvalue weighted by atomic mass is 9.93. The van der Waals surface area contributed by atoms with Gasteiger partial charge in [-0.3, -0.25) is 0 Å². The molecule has 0 fully saturated rings. The van der Waals surface area contributed by atoms with Gasteiger partial charge in [-0.15, -0.1) is 0 Å². The Hall–Kier alpha value is -0.340. The zero-order chi connectivity index (χ0) is 11.1. The first-order valence-corrected chi connectivity index (χ1v) is 6.31. The number of nitrogens with two attached hydrogens (primary N) is 1. The van der Waals surface area contributed by atoms with Crippen LogP contribution in [0.2, 0.25) is 0 Å². The van der Waals surface area contributed by atoms with Crippen molar-refractivity contribution >= 4 is 0 Å². The van der Waals surface area contributed by atoms with E-state index >= 15 is 0 Å². The Labute approximate surface area is 93.9 Å². The van der Waals surface area contributed by atoms with Gasteiger partial charge in [0.15, 0.2) is 0 Å². The van der Waals surface area contributed by atoms with Gasteiger partial charge in [-0.1, -0.05) is 24.5 Å². The lowest BCUT2D eigenvalue weighted by Crippen LogP contribution is -2.36. The van der Waals surface area contributed by atoms with Crippen LogP contribution in [-0.2, 0) is 4.74 Å². The summed E-state index contributed by atoms with van der Waals surface area (Å²) in [7, 11) is 0. The fourth-order valence-corrected chi connectivity index (χ4v) is 2.19. The molecule has 15 heavy (non-hydrogen) atoms. The van der Waals surface area contributed by atoms with Gasteiger partial charge < -0.3 is 10.5 Å². The van der Waals surface area contributed by atoms with Crippen molar-refractivity contribution in [3.63, 3.8) is 0 Å². The van der Waals surface area contributed by atoms with Gasteiger partial charge in [0.25, 0.3) is 0 Å². The molecule has 0 aromatic heterocycles. The molecule has 1 rings (SSSR count). The summed E-state index contributed by atoms with van der Waals surface area (Å²) in [5, 5.41) is 0. The molecular weight excluding hydrogens is 186 g/mol.